The average molecular weight is 509 g/mol. The maximum Gasteiger partial charge on any atom is 0.417 e. The predicted octanol–water partition coefficient (Wildman–Crippen LogP) is 4.57. The number of aliphatic hydroxyl groups is 1. The van der Waals surface area contributed by atoms with E-state index in [1.807, 2.05) is 30.0 Å². The molecule has 1 amide bonds. The molecule has 1 heterocycles. The standard InChI is InChI=1S/C28H27F3N4O2/c1-17-7-18(12-32)3-4-20(17)10-22-8-19-9-23(22)15-35(14-19)16-27(2,37)26(36)34-24-6-5-21(13-33)25(11-24)28(29,30)31/h3-8,11,19,23,37H,9-10,14-16H2,1-2H3,(H,34,36). The molecule has 0 aromatic heterocycles. The van der Waals surface area contributed by atoms with E-state index < -0.39 is 28.8 Å². The van der Waals surface area contributed by atoms with Crippen molar-refractivity contribution >= 4 is 11.6 Å². The smallest absolute Gasteiger partial charge is 0.379 e. The quantitative estimate of drug-likeness (QED) is 0.557. The van der Waals surface area contributed by atoms with Crippen LogP contribution < -0.4 is 5.32 Å². The number of piperidine rings is 1. The van der Waals surface area contributed by atoms with E-state index in [1.54, 1.807) is 0 Å². The monoisotopic (exact) mass is 508 g/mol. The Morgan fingerprint density at radius 3 is 2.57 bits per heavy atom. The van der Waals surface area contributed by atoms with Gasteiger partial charge in [0.1, 0.15) is 0 Å². The Labute approximate surface area is 213 Å². The SMILES string of the molecule is Cc1cc(C#N)ccc1CC1=CC2CC1CN(CC(C)(O)C(=O)Nc1ccc(C#N)c(C(F)(F)F)c1)C2. The number of aryl methyl sites for hydroxylation is 1. The molecule has 0 saturated carbocycles. The van der Waals surface area contributed by atoms with E-state index in [-0.39, 0.29) is 18.2 Å². The molecule has 3 unspecified atom stereocenters. The zero-order valence-corrected chi connectivity index (χ0v) is 20.6. The summed E-state index contributed by atoms with van der Waals surface area (Å²) in [4.78, 5) is 14.8. The van der Waals surface area contributed by atoms with Crippen molar-refractivity contribution in [2.45, 2.75) is 38.5 Å². The molecular formula is C28H27F3N4O2. The lowest BCUT2D eigenvalue weighted by molar-refractivity contribution is -0.138. The van der Waals surface area contributed by atoms with Gasteiger partial charge in [-0.1, -0.05) is 17.7 Å². The summed E-state index contributed by atoms with van der Waals surface area (Å²) < 4.78 is 39.8. The third kappa shape index (κ3) is 5.85. The van der Waals surface area contributed by atoms with E-state index in [9.17, 15) is 23.1 Å². The zero-order valence-electron chi connectivity index (χ0n) is 20.6. The first-order valence-corrected chi connectivity index (χ1v) is 12.0. The van der Waals surface area contributed by atoms with E-state index in [0.29, 0.717) is 30.6 Å². The summed E-state index contributed by atoms with van der Waals surface area (Å²) in [5, 5.41) is 31.4. The number of carbonyl (C=O) groups is 1. The fourth-order valence-electron chi connectivity index (χ4n) is 5.30. The van der Waals surface area contributed by atoms with Crippen LogP contribution in [0.25, 0.3) is 0 Å². The van der Waals surface area contributed by atoms with Crippen LogP contribution in [0.5, 0.6) is 0 Å². The van der Waals surface area contributed by atoms with E-state index in [2.05, 4.69) is 17.5 Å². The van der Waals surface area contributed by atoms with Crippen LogP contribution in [0.1, 0.15) is 41.2 Å². The molecule has 6 nitrogen and oxygen atoms in total. The summed E-state index contributed by atoms with van der Waals surface area (Å²) in [5.74, 6) is -0.246. The van der Waals surface area contributed by atoms with Crippen molar-refractivity contribution in [3.05, 3.63) is 75.9 Å². The highest BCUT2D eigenvalue weighted by Gasteiger charge is 2.40. The van der Waals surface area contributed by atoms with Gasteiger partial charge in [-0.3, -0.25) is 9.69 Å². The number of halogens is 3. The van der Waals surface area contributed by atoms with Gasteiger partial charge < -0.3 is 10.4 Å². The lowest BCUT2D eigenvalue weighted by Crippen LogP contribution is -2.52. The van der Waals surface area contributed by atoms with Crippen molar-refractivity contribution in [3.63, 3.8) is 0 Å². The molecule has 2 N–H and O–H groups in total. The van der Waals surface area contributed by atoms with Crippen molar-refractivity contribution in [2.24, 2.45) is 11.8 Å². The molecule has 192 valence electrons. The normalized spacial score (nSPS) is 20.9. The number of nitriles is 2. The molecule has 1 saturated heterocycles. The van der Waals surface area contributed by atoms with Crippen molar-refractivity contribution in [1.82, 2.24) is 4.90 Å². The minimum atomic E-state index is -4.75. The second-order valence-electron chi connectivity index (χ2n) is 10.2. The van der Waals surface area contributed by atoms with Gasteiger partial charge in [-0.05, 0) is 80.0 Å². The van der Waals surface area contributed by atoms with Crippen LogP contribution in [0.2, 0.25) is 0 Å². The molecule has 1 aliphatic heterocycles. The number of benzene rings is 2. The van der Waals surface area contributed by atoms with Crippen molar-refractivity contribution in [3.8, 4) is 12.1 Å². The van der Waals surface area contributed by atoms with Crippen LogP contribution >= 0.6 is 0 Å². The third-order valence-corrected chi connectivity index (χ3v) is 7.12. The maximum absolute atomic E-state index is 13.3. The third-order valence-electron chi connectivity index (χ3n) is 7.12. The van der Waals surface area contributed by atoms with Gasteiger partial charge in [0.15, 0.2) is 5.60 Å². The first-order chi connectivity index (χ1) is 17.4. The van der Waals surface area contributed by atoms with Gasteiger partial charge in [-0.15, -0.1) is 0 Å². The van der Waals surface area contributed by atoms with Crippen LogP contribution in [0.4, 0.5) is 18.9 Å². The lowest BCUT2D eigenvalue weighted by Gasteiger charge is -2.37. The number of alkyl halides is 3. The molecule has 2 bridgehead atoms. The van der Waals surface area contributed by atoms with Crippen molar-refractivity contribution < 1.29 is 23.1 Å². The van der Waals surface area contributed by atoms with Crippen LogP contribution in [0.3, 0.4) is 0 Å². The fourth-order valence-corrected chi connectivity index (χ4v) is 5.30. The maximum atomic E-state index is 13.3. The summed E-state index contributed by atoms with van der Waals surface area (Å²) in [6, 6.07) is 12.2. The van der Waals surface area contributed by atoms with Gasteiger partial charge in [0.2, 0.25) is 0 Å². The number of anilines is 1. The molecule has 2 aliphatic rings. The second-order valence-corrected chi connectivity index (χ2v) is 10.2. The number of β-amino-alcohol motifs (C(OH)–C–C–N with tert-alkyl or cyclic N) is 1. The summed E-state index contributed by atoms with van der Waals surface area (Å²) >= 11 is 0. The van der Waals surface area contributed by atoms with Crippen LogP contribution in [0, 0.1) is 41.4 Å². The lowest BCUT2D eigenvalue weighted by atomic mass is 9.89. The second kappa shape index (κ2) is 10.0. The van der Waals surface area contributed by atoms with Gasteiger partial charge in [0.25, 0.3) is 5.91 Å². The van der Waals surface area contributed by atoms with Crippen LogP contribution in [-0.2, 0) is 17.4 Å². The molecule has 37 heavy (non-hydrogen) atoms. The van der Waals surface area contributed by atoms with Crippen molar-refractivity contribution in [1.29, 1.82) is 10.5 Å². The molecule has 0 spiro atoms. The molecule has 3 atom stereocenters. The topological polar surface area (TPSA) is 100 Å². The van der Waals surface area contributed by atoms with Gasteiger partial charge in [0, 0.05) is 25.3 Å². The average Bonchev–Trinajstić information content (AvgIpc) is 3.11. The highest BCUT2D eigenvalue weighted by atomic mass is 19.4. The number of hydrogen-bond acceptors (Lipinski definition) is 5. The largest absolute Gasteiger partial charge is 0.417 e. The number of hydrogen-bond donors (Lipinski definition) is 2. The Hall–Kier alpha value is -3.66. The summed E-state index contributed by atoms with van der Waals surface area (Å²) in [7, 11) is 0. The van der Waals surface area contributed by atoms with Gasteiger partial charge in [-0.25, -0.2) is 0 Å². The number of fused-ring (bicyclic) bond motifs is 2. The molecule has 9 heteroatoms. The summed E-state index contributed by atoms with van der Waals surface area (Å²) in [5.41, 5.74) is 0.497. The number of likely N-dealkylation sites (tertiary alicyclic amines) is 1. The Morgan fingerprint density at radius 2 is 1.92 bits per heavy atom. The first kappa shape index (κ1) is 26.4. The Balaban J connectivity index is 1.40. The van der Waals surface area contributed by atoms with Crippen LogP contribution in [0.15, 0.2) is 48.0 Å². The van der Waals surface area contributed by atoms with E-state index in [1.165, 1.54) is 24.6 Å². The Morgan fingerprint density at radius 1 is 1.16 bits per heavy atom. The number of nitrogens with one attached hydrogen (secondary N) is 1. The zero-order chi connectivity index (χ0) is 27.0. The molecule has 1 aliphatic carbocycles. The molecule has 1 fully saturated rings. The number of rotatable bonds is 6. The van der Waals surface area contributed by atoms with E-state index in [4.69, 9.17) is 10.5 Å². The van der Waals surface area contributed by atoms with E-state index >= 15 is 0 Å². The molecule has 2 aromatic rings. The van der Waals surface area contributed by atoms with Gasteiger partial charge in [0.05, 0.1) is 28.8 Å². The molecular weight excluding hydrogens is 481 g/mol. The summed E-state index contributed by atoms with van der Waals surface area (Å²) in [6.45, 7) is 4.71. The molecule has 4 rings (SSSR count). The van der Waals surface area contributed by atoms with E-state index in [0.717, 1.165) is 30.0 Å². The number of nitrogens with zero attached hydrogens (tertiary/aromatic N) is 3. The first-order valence-electron chi connectivity index (χ1n) is 12.0. The highest BCUT2D eigenvalue weighted by Crippen LogP contribution is 2.39. The molecule has 0 radical (unpaired) electrons. The Kier molecular flexibility index (Phi) is 7.14. The summed E-state index contributed by atoms with van der Waals surface area (Å²) in [6.07, 6.45) is -0.695. The van der Waals surface area contributed by atoms with Gasteiger partial charge >= 0.3 is 6.18 Å². The number of amides is 1. The van der Waals surface area contributed by atoms with Gasteiger partial charge in [-0.2, -0.15) is 23.7 Å². The van der Waals surface area contributed by atoms with Crippen LogP contribution in [-0.4, -0.2) is 41.1 Å². The van der Waals surface area contributed by atoms with Crippen molar-refractivity contribution in [2.75, 3.05) is 25.0 Å². The minimum absolute atomic E-state index is 0.0330. The minimum Gasteiger partial charge on any atom is -0.379 e. The fraction of sp³-hybridized carbons (Fsp3) is 0.393. The number of carbonyl (C=O) groups excluding carboxylic acids is 1. The highest BCUT2D eigenvalue weighted by molar-refractivity contribution is 5.97. The Bertz CT molecular complexity index is 1330. The molecule has 2 aromatic carbocycles. The predicted molar refractivity (Wildman–Crippen MR) is 131 cm³/mol.